The van der Waals surface area contributed by atoms with Crippen LogP contribution in [-0.4, -0.2) is 30.4 Å². The molecule has 4 rings (SSSR count). The lowest BCUT2D eigenvalue weighted by Gasteiger charge is -2.44. The molecule has 1 fully saturated rings. The van der Waals surface area contributed by atoms with E-state index in [9.17, 15) is 4.79 Å². The minimum absolute atomic E-state index is 0.00555. The first kappa shape index (κ1) is 20.4. The number of piperidine rings is 1. The second-order valence-electron chi connectivity index (χ2n) is 8.32. The van der Waals surface area contributed by atoms with E-state index in [0.717, 1.165) is 31.5 Å². The minimum atomic E-state index is -0.0292. The summed E-state index contributed by atoms with van der Waals surface area (Å²) in [5, 5.41) is 3.23. The van der Waals surface area contributed by atoms with Crippen LogP contribution in [-0.2, 0) is 5.41 Å². The molecule has 1 unspecified atom stereocenters. The predicted molar refractivity (Wildman–Crippen MR) is 123 cm³/mol. The Labute approximate surface area is 179 Å². The molecule has 0 aliphatic carbocycles. The Morgan fingerprint density at radius 1 is 0.867 bits per heavy atom. The molecule has 1 saturated heterocycles. The van der Waals surface area contributed by atoms with Crippen molar-refractivity contribution in [3.63, 3.8) is 0 Å². The summed E-state index contributed by atoms with van der Waals surface area (Å²) in [6.07, 6.45) is 2.06. The maximum absolute atomic E-state index is 12.7. The molecular formula is C27H30N2O. The fraction of sp³-hybridized carbons (Fsp3) is 0.296. The number of amides is 1. The molecule has 3 nitrogen and oxygen atoms in total. The number of benzene rings is 3. The molecule has 3 aromatic carbocycles. The van der Waals surface area contributed by atoms with Crippen molar-refractivity contribution in [3.8, 4) is 0 Å². The van der Waals surface area contributed by atoms with E-state index in [1.54, 1.807) is 0 Å². The number of nitrogens with zero attached hydrogens (tertiary/aromatic N) is 1. The van der Waals surface area contributed by atoms with Crippen LogP contribution >= 0.6 is 0 Å². The summed E-state index contributed by atoms with van der Waals surface area (Å²) in [6.45, 7) is 5.00. The number of hydrogen-bond acceptors (Lipinski definition) is 2. The van der Waals surface area contributed by atoms with E-state index in [2.05, 4.69) is 77.8 Å². The van der Waals surface area contributed by atoms with E-state index in [1.807, 2.05) is 30.3 Å². The summed E-state index contributed by atoms with van der Waals surface area (Å²) >= 11 is 0. The van der Waals surface area contributed by atoms with Gasteiger partial charge in [0.15, 0.2) is 0 Å². The molecular weight excluding hydrogens is 368 g/mol. The van der Waals surface area contributed by atoms with E-state index >= 15 is 0 Å². The monoisotopic (exact) mass is 398 g/mol. The first-order valence-electron chi connectivity index (χ1n) is 10.9. The van der Waals surface area contributed by atoms with Crippen molar-refractivity contribution >= 4 is 5.91 Å². The number of carbonyl (C=O) groups is 1. The Morgan fingerprint density at radius 3 is 2.00 bits per heavy atom. The molecule has 1 atom stereocenters. The minimum Gasteiger partial charge on any atom is -0.351 e. The van der Waals surface area contributed by atoms with Crippen molar-refractivity contribution in [1.29, 1.82) is 0 Å². The quantitative estimate of drug-likeness (QED) is 0.618. The maximum atomic E-state index is 12.7. The fourth-order valence-corrected chi connectivity index (χ4v) is 4.58. The summed E-state index contributed by atoms with van der Waals surface area (Å²) in [5.74, 6) is 0.00555. The van der Waals surface area contributed by atoms with Gasteiger partial charge in [0.25, 0.3) is 5.91 Å². The maximum Gasteiger partial charge on any atom is 0.251 e. The molecule has 1 N–H and O–H groups in total. The molecule has 1 aliphatic heterocycles. The number of likely N-dealkylation sites (tertiary alicyclic amines) is 1. The Morgan fingerprint density at radius 2 is 1.40 bits per heavy atom. The molecule has 0 spiro atoms. The van der Waals surface area contributed by atoms with Crippen LogP contribution in [0.2, 0.25) is 0 Å². The molecule has 3 aromatic rings. The van der Waals surface area contributed by atoms with Gasteiger partial charge in [0, 0.05) is 23.6 Å². The molecule has 0 radical (unpaired) electrons. The van der Waals surface area contributed by atoms with Crippen molar-refractivity contribution in [2.75, 3.05) is 19.6 Å². The zero-order chi connectivity index (χ0) is 20.8. The predicted octanol–water partition coefficient (Wildman–Crippen LogP) is 5.21. The summed E-state index contributed by atoms with van der Waals surface area (Å²) in [5.41, 5.74) is 3.38. The SMILES string of the molecule is CC(c1ccccc1)N1CCC(CNC(=O)c2ccccc2)(c2ccccc2)CC1. The van der Waals surface area contributed by atoms with Crippen molar-refractivity contribution in [2.45, 2.75) is 31.2 Å². The van der Waals surface area contributed by atoms with Crippen molar-refractivity contribution in [3.05, 3.63) is 108 Å². The van der Waals surface area contributed by atoms with Gasteiger partial charge in [-0.05, 0) is 56.1 Å². The molecule has 154 valence electrons. The van der Waals surface area contributed by atoms with Crippen molar-refractivity contribution in [1.82, 2.24) is 10.2 Å². The Kier molecular flexibility index (Phi) is 6.29. The summed E-state index contributed by atoms with van der Waals surface area (Å²) in [6, 6.07) is 31.3. The van der Waals surface area contributed by atoms with Gasteiger partial charge in [0.2, 0.25) is 0 Å². The van der Waals surface area contributed by atoms with E-state index in [0.29, 0.717) is 12.6 Å². The third kappa shape index (κ3) is 4.47. The van der Waals surface area contributed by atoms with Gasteiger partial charge in [0.05, 0.1) is 0 Å². The summed E-state index contributed by atoms with van der Waals surface area (Å²) in [4.78, 5) is 15.3. The summed E-state index contributed by atoms with van der Waals surface area (Å²) < 4.78 is 0. The van der Waals surface area contributed by atoms with Gasteiger partial charge < -0.3 is 5.32 Å². The van der Waals surface area contributed by atoms with E-state index < -0.39 is 0 Å². The van der Waals surface area contributed by atoms with Crippen LogP contribution in [0.25, 0.3) is 0 Å². The van der Waals surface area contributed by atoms with Crippen molar-refractivity contribution in [2.24, 2.45) is 0 Å². The Bertz CT molecular complexity index is 932. The zero-order valence-corrected chi connectivity index (χ0v) is 17.6. The third-order valence-corrected chi connectivity index (χ3v) is 6.59. The van der Waals surface area contributed by atoms with Crippen LogP contribution in [0.1, 0.15) is 47.3 Å². The molecule has 0 bridgehead atoms. The number of hydrogen-bond donors (Lipinski definition) is 1. The number of carbonyl (C=O) groups excluding carboxylic acids is 1. The van der Waals surface area contributed by atoms with Crippen LogP contribution in [0.15, 0.2) is 91.0 Å². The molecule has 30 heavy (non-hydrogen) atoms. The van der Waals surface area contributed by atoms with Gasteiger partial charge >= 0.3 is 0 Å². The fourth-order valence-electron chi connectivity index (χ4n) is 4.58. The van der Waals surface area contributed by atoms with E-state index in [1.165, 1.54) is 11.1 Å². The van der Waals surface area contributed by atoms with E-state index in [4.69, 9.17) is 0 Å². The van der Waals surface area contributed by atoms with Crippen LogP contribution in [0.3, 0.4) is 0 Å². The zero-order valence-electron chi connectivity index (χ0n) is 17.6. The standard InChI is InChI=1S/C27H30N2O/c1-22(23-11-5-2-6-12-23)29-19-17-27(18-20-29,25-15-9-4-10-16-25)21-28-26(30)24-13-7-3-8-14-24/h2-16,22H,17-21H2,1H3,(H,28,30). The first-order chi connectivity index (χ1) is 14.7. The highest BCUT2D eigenvalue weighted by atomic mass is 16.1. The van der Waals surface area contributed by atoms with Crippen molar-refractivity contribution < 1.29 is 4.79 Å². The molecule has 1 amide bonds. The summed E-state index contributed by atoms with van der Waals surface area (Å²) in [7, 11) is 0. The second-order valence-corrected chi connectivity index (χ2v) is 8.32. The normalized spacial score (nSPS) is 17.2. The highest BCUT2D eigenvalue weighted by Gasteiger charge is 2.37. The average Bonchev–Trinajstić information content (AvgIpc) is 2.84. The first-order valence-corrected chi connectivity index (χ1v) is 10.9. The lowest BCUT2D eigenvalue weighted by molar-refractivity contribution is 0.0900. The van der Waals surface area contributed by atoms with Gasteiger partial charge in [-0.3, -0.25) is 9.69 Å². The topological polar surface area (TPSA) is 32.3 Å². The highest BCUT2D eigenvalue weighted by Crippen LogP contribution is 2.37. The van der Waals surface area contributed by atoms with Gasteiger partial charge in [-0.25, -0.2) is 0 Å². The van der Waals surface area contributed by atoms with Gasteiger partial charge in [-0.15, -0.1) is 0 Å². The Balaban J connectivity index is 1.48. The van der Waals surface area contributed by atoms with Crippen LogP contribution in [0.4, 0.5) is 0 Å². The van der Waals surface area contributed by atoms with E-state index in [-0.39, 0.29) is 11.3 Å². The largest absolute Gasteiger partial charge is 0.351 e. The number of rotatable bonds is 6. The van der Waals surface area contributed by atoms with Crippen LogP contribution in [0, 0.1) is 0 Å². The third-order valence-electron chi connectivity index (χ3n) is 6.59. The second kappa shape index (κ2) is 9.27. The average molecular weight is 399 g/mol. The van der Waals surface area contributed by atoms with Gasteiger partial charge in [0.1, 0.15) is 0 Å². The van der Waals surface area contributed by atoms with Gasteiger partial charge in [-0.2, -0.15) is 0 Å². The Hall–Kier alpha value is -2.91. The molecule has 0 aromatic heterocycles. The highest BCUT2D eigenvalue weighted by molar-refractivity contribution is 5.94. The molecule has 1 aliphatic rings. The lowest BCUT2D eigenvalue weighted by Crippen LogP contribution is -2.49. The number of nitrogens with one attached hydrogen (secondary N) is 1. The smallest absolute Gasteiger partial charge is 0.251 e. The lowest BCUT2D eigenvalue weighted by atomic mass is 9.72. The van der Waals surface area contributed by atoms with Gasteiger partial charge in [-0.1, -0.05) is 78.9 Å². The van der Waals surface area contributed by atoms with Crippen LogP contribution < -0.4 is 5.32 Å². The van der Waals surface area contributed by atoms with Crippen LogP contribution in [0.5, 0.6) is 0 Å². The molecule has 0 saturated carbocycles. The molecule has 1 heterocycles. The molecule has 3 heteroatoms.